The summed E-state index contributed by atoms with van der Waals surface area (Å²) in [6.45, 7) is 0. The lowest BCUT2D eigenvalue weighted by molar-refractivity contribution is -0.139. The predicted octanol–water partition coefficient (Wildman–Crippen LogP) is 0.288. The number of phenols is 2. The molecule has 2 amide bonds. The second-order valence-corrected chi connectivity index (χ2v) is 10.6. The smallest absolute Gasteiger partial charge is 0.331 e. The van der Waals surface area contributed by atoms with Gasteiger partial charge in [0.2, 0.25) is 0 Å². The van der Waals surface area contributed by atoms with Gasteiger partial charge in [0, 0.05) is 34.3 Å². The minimum atomic E-state index is -4.73. The van der Waals surface area contributed by atoms with Crippen LogP contribution >= 0.6 is 0 Å². The number of nitrogens with one attached hydrogen (secondary N) is 2. The van der Waals surface area contributed by atoms with E-state index >= 15 is 0 Å². The molecule has 2 heterocycles. The normalized spacial score (nSPS) is 12.3. The van der Waals surface area contributed by atoms with Crippen LogP contribution in [0.4, 0.5) is 0 Å². The molecule has 2 aromatic carbocycles. The maximum Gasteiger partial charge on any atom is 0.331 e. The van der Waals surface area contributed by atoms with Crippen molar-refractivity contribution in [2.75, 3.05) is 0 Å². The van der Waals surface area contributed by atoms with Gasteiger partial charge in [-0.05, 0) is 36.4 Å². The molecule has 16 nitrogen and oxygen atoms in total. The number of carbonyl (C=O) groups excluding carboxylic acids is 2. The molecule has 2 aromatic heterocycles. The summed E-state index contributed by atoms with van der Waals surface area (Å²) < 4.78 is 66.0. The fraction of sp³-hybridized carbons (Fsp3) is 0. The van der Waals surface area contributed by atoms with Crippen LogP contribution in [0.25, 0.3) is 21.8 Å². The van der Waals surface area contributed by atoms with Gasteiger partial charge in [-0.15, -0.1) is 0 Å². The molecular weight excluding hydrogens is 572 g/mol. The van der Waals surface area contributed by atoms with Gasteiger partial charge in [0.05, 0.1) is 12.4 Å². The van der Waals surface area contributed by atoms with Crippen LogP contribution in [0.3, 0.4) is 0 Å². The van der Waals surface area contributed by atoms with Gasteiger partial charge in [0.15, 0.2) is 11.5 Å². The monoisotopic (exact) mass is 588 g/mol. The van der Waals surface area contributed by atoms with Crippen molar-refractivity contribution in [3.63, 3.8) is 0 Å². The third kappa shape index (κ3) is 5.68. The number of nitrogens with zero attached hydrogens (tertiary/aromatic N) is 4. The van der Waals surface area contributed by atoms with Crippen LogP contribution in [0, 0.1) is 0 Å². The number of hydrogen-bond donors (Lipinski definition) is 6. The Labute approximate surface area is 224 Å². The summed E-state index contributed by atoms with van der Waals surface area (Å²) in [5.41, 5.74) is 2.71. The van der Waals surface area contributed by atoms with Gasteiger partial charge in [-0.3, -0.25) is 28.7 Å². The maximum absolute atomic E-state index is 12.0. The standard InChI is InChI=1S/C22H16N6O10S2/c29-19-11(7-15(39(33,34)35)13-3-1-5-23-17(13)19)9-25-27-21(31)22(32)28-26-10-12-8-16(40(36,37)38)14-4-2-6-24-18(14)20(12)30/h1-10,29-30H,(H,27,31)(H,28,32)(H,33,34,35)(H,36,37,38). The highest BCUT2D eigenvalue weighted by Crippen LogP contribution is 2.32. The van der Waals surface area contributed by atoms with Crippen molar-refractivity contribution in [1.82, 2.24) is 20.8 Å². The summed E-state index contributed by atoms with van der Waals surface area (Å²) in [6, 6.07) is 7.13. The summed E-state index contributed by atoms with van der Waals surface area (Å²) >= 11 is 0. The van der Waals surface area contributed by atoms with Crippen molar-refractivity contribution in [3.8, 4) is 11.5 Å². The van der Waals surface area contributed by atoms with E-state index < -0.39 is 53.3 Å². The lowest BCUT2D eigenvalue weighted by Gasteiger charge is -2.08. The van der Waals surface area contributed by atoms with E-state index in [4.69, 9.17) is 0 Å². The van der Waals surface area contributed by atoms with Crippen LogP contribution in [0.2, 0.25) is 0 Å². The van der Waals surface area contributed by atoms with Crippen LogP contribution in [0.1, 0.15) is 11.1 Å². The summed E-state index contributed by atoms with van der Waals surface area (Å²) in [5, 5.41) is 27.5. The Morgan fingerprint density at radius 1 is 0.725 bits per heavy atom. The predicted molar refractivity (Wildman–Crippen MR) is 138 cm³/mol. The number of fused-ring (bicyclic) bond motifs is 2. The Morgan fingerprint density at radius 3 is 1.45 bits per heavy atom. The molecule has 4 aromatic rings. The number of amides is 2. The molecule has 0 saturated carbocycles. The number of phenolic OH excluding ortho intramolecular Hbond substituents is 2. The summed E-state index contributed by atoms with van der Waals surface area (Å²) in [7, 11) is -9.46. The molecule has 40 heavy (non-hydrogen) atoms. The Morgan fingerprint density at radius 2 is 1.10 bits per heavy atom. The van der Waals surface area contributed by atoms with Gasteiger partial charge in [0.25, 0.3) is 20.2 Å². The number of hydrazone groups is 2. The maximum atomic E-state index is 12.0. The molecule has 0 spiro atoms. The van der Waals surface area contributed by atoms with Gasteiger partial charge in [-0.2, -0.15) is 27.0 Å². The average Bonchev–Trinajstić information content (AvgIpc) is 2.89. The molecule has 206 valence electrons. The third-order valence-corrected chi connectivity index (χ3v) is 7.00. The molecular formula is C22H16N6O10S2. The van der Waals surface area contributed by atoms with E-state index in [1.807, 2.05) is 10.9 Å². The number of aromatic nitrogens is 2. The highest BCUT2D eigenvalue weighted by atomic mass is 32.2. The Kier molecular flexibility index (Phi) is 7.42. The van der Waals surface area contributed by atoms with Crippen LogP contribution in [0.15, 0.2) is 68.8 Å². The quantitative estimate of drug-likeness (QED) is 0.0768. The second kappa shape index (κ2) is 10.6. The lowest BCUT2D eigenvalue weighted by Crippen LogP contribution is -2.35. The van der Waals surface area contributed by atoms with Crippen LogP contribution in [0.5, 0.6) is 11.5 Å². The fourth-order valence-electron chi connectivity index (χ4n) is 3.48. The van der Waals surface area contributed by atoms with E-state index in [1.54, 1.807) is 0 Å². The molecule has 0 aliphatic heterocycles. The second-order valence-electron chi connectivity index (χ2n) is 7.77. The zero-order valence-electron chi connectivity index (χ0n) is 19.6. The topological polar surface area (TPSA) is 258 Å². The zero-order chi connectivity index (χ0) is 29.2. The first kappa shape index (κ1) is 28.0. The zero-order valence-corrected chi connectivity index (χ0v) is 21.3. The average molecular weight is 589 g/mol. The van der Waals surface area contributed by atoms with Gasteiger partial charge >= 0.3 is 11.8 Å². The minimum Gasteiger partial charge on any atom is -0.505 e. The molecule has 18 heteroatoms. The number of hydrogen-bond acceptors (Lipinski definition) is 12. The number of benzene rings is 2. The largest absolute Gasteiger partial charge is 0.505 e. The van der Waals surface area contributed by atoms with Crippen molar-refractivity contribution in [1.29, 1.82) is 0 Å². The Bertz CT molecular complexity index is 1830. The van der Waals surface area contributed by atoms with Crippen molar-refractivity contribution < 1.29 is 45.7 Å². The molecule has 0 radical (unpaired) electrons. The van der Waals surface area contributed by atoms with E-state index in [2.05, 4.69) is 20.2 Å². The van der Waals surface area contributed by atoms with Crippen molar-refractivity contribution >= 4 is 66.3 Å². The fourth-order valence-corrected chi connectivity index (χ4v) is 4.92. The van der Waals surface area contributed by atoms with Gasteiger partial charge in [0.1, 0.15) is 20.8 Å². The van der Waals surface area contributed by atoms with Crippen LogP contribution in [-0.4, -0.2) is 70.4 Å². The lowest BCUT2D eigenvalue weighted by atomic mass is 10.1. The molecule has 0 aliphatic rings. The first-order valence-electron chi connectivity index (χ1n) is 10.6. The van der Waals surface area contributed by atoms with Gasteiger partial charge < -0.3 is 10.2 Å². The molecule has 0 aliphatic carbocycles. The van der Waals surface area contributed by atoms with E-state index in [-0.39, 0.29) is 32.9 Å². The molecule has 6 N–H and O–H groups in total. The van der Waals surface area contributed by atoms with Crippen LogP contribution < -0.4 is 10.9 Å². The van der Waals surface area contributed by atoms with Crippen molar-refractivity contribution in [3.05, 3.63) is 59.9 Å². The summed E-state index contributed by atoms with van der Waals surface area (Å²) in [4.78, 5) is 30.6. The molecule has 0 unspecified atom stereocenters. The molecule has 0 saturated heterocycles. The van der Waals surface area contributed by atoms with E-state index in [0.29, 0.717) is 0 Å². The van der Waals surface area contributed by atoms with Gasteiger partial charge in [-0.1, -0.05) is 0 Å². The molecule has 0 bridgehead atoms. The Hall–Kier alpha value is -5.04. The molecule has 0 atom stereocenters. The van der Waals surface area contributed by atoms with E-state index in [9.17, 15) is 45.7 Å². The minimum absolute atomic E-state index is 0.0714. The molecule has 0 fully saturated rings. The highest BCUT2D eigenvalue weighted by Gasteiger charge is 2.21. The first-order valence-corrected chi connectivity index (χ1v) is 13.5. The first-order chi connectivity index (χ1) is 18.8. The van der Waals surface area contributed by atoms with Crippen molar-refractivity contribution in [2.45, 2.75) is 9.79 Å². The highest BCUT2D eigenvalue weighted by molar-refractivity contribution is 7.86. The van der Waals surface area contributed by atoms with Gasteiger partial charge in [-0.25, -0.2) is 10.9 Å². The van der Waals surface area contributed by atoms with E-state index in [0.717, 1.165) is 24.6 Å². The summed E-state index contributed by atoms with van der Waals surface area (Å²) in [6.07, 6.45) is 4.12. The summed E-state index contributed by atoms with van der Waals surface area (Å²) in [5.74, 6) is -3.79. The van der Waals surface area contributed by atoms with Crippen LogP contribution in [-0.2, 0) is 29.8 Å². The van der Waals surface area contributed by atoms with Crippen molar-refractivity contribution in [2.24, 2.45) is 10.2 Å². The third-order valence-electron chi connectivity index (χ3n) is 5.22. The SMILES string of the molecule is O=C(NN=Cc1cc(S(=O)(=O)O)c2cccnc2c1O)C(=O)NN=Cc1cc(S(=O)(=O)O)c2cccnc2c1O. The number of pyridine rings is 2. The van der Waals surface area contributed by atoms with E-state index in [1.165, 1.54) is 36.7 Å². The molecule has 4 rings (SSSR count). The number of carbonyl (C=O) groups is 2. The number of aromatic hydroxyl groups is 2. The number of rotatable bonds is 6. The Balaban J connectivity index is 1.50.